The minimum atomic E-state index is 0.0205. The Morgan fingerprint density at radius 2 is 1.80 bits per heavy atom. The van der Waals surface area contributed by atoms with Gasteiger partial charge in [0.05, 0.1) is 13.5 Å². The number of aromatic nitrogens is 4. The predicted octanol–water partition coefficient (Wildman–Crippen LogP) is 2.04. The van der Waals surface area contributed by atoms with E-state index in [4.69, 9.17) is 10.5 Å². The van der Waals surface area contributed by atoms with Crippen LogP contribution in [0.25, 0.3) is 16.6 Å². The maximum atomic E-state index is 13.0. The first-order chi connectivity index (χ1) is 14.6. The fraction of sp³-hybridized carbons (Fsp3) is 0.273. The Bertz CT molecular complexity index is 1240. The van der Waals surface area contributed by atoms with Crippen LogP contribution in [0.2, 0.25) is 0 Å². The molecule has 0 aliphatic carbocycles. The molecule has 0 atom stereocenters. The number of carbonyl (C=O) groups is 1. The average molecular weight is 402 g/mol. The molecular formula is C22H22N6O2. The quantitative estimate of drug-likeness (QED) is 0.563. The Morgan fingerprint density at radius 3 is 2.50 bits per heavy atom. The highest BCUT2D eigenvalue weighted by molar-refractivity contribution is 5.96. The van der Waals surface area contributed by atoms with Gasteiger partial charge in [-0.2, -0.15) is 4.52 Å². The summed E-state index contributed by atoms with van der Waals surface area (Å²) >= 11 is 0. The van der Waals surface area contributed by atoms with Crippen LogP contribution in [0.15, 0.2) is 42.5 Å². The molecule has 2 N–H and O–H groups in total. The smallest absolute Gasteiger partial charge is 0.230 e. The molecule has 3 heterocycles. The lowest BCUT2D eigenvalue weighted by molar-refractivity contribution is -0.130. The molecule has 30 heavy (non-hydrogen) atoms. The largest absolute Gasteiger partial charge is 0.494 e. The summed E-state index contributed by atoms with van der Waals surface area (Å²) in [5.41, 5.74) is 9.93. The van der Waals surface area contributed by atoms with E-state index in [0.717, 1.165) is 18.2 Å². The summed E-state index contributed by atoms with van der Waals surface area (Å²) in [5.74, 6) is 1.28. The number of methoxy groups -OCH3 is 1. The zero-order valence-corrected chi connectivity index (χ0v) is 16.7. The van der Waals surface area contributed by atoms with Gasteiger partial charge in [0.2, 0.25) is 11.9 Å². The van der Waals surface area contributed by atoms with E-state index in [1.54, 1.807) is 7.11 Å². The zero-order valence-electron chi connectivity index (χ0n) is 16.7. The number of ether oxygens (including phenoxy) is 1. The summed E-state index contributed by atoms with van der Waals surface area (Å²) in [6.45, 7) is 1.40. The molecule has 0 fully saturated rings. The number of hydrogen-bond donors (Lipinski definition) is 1. The second-order valence-electron chi connectivity index (χ2n) is 7.42. The van der Waals surface area contributed by atoms with Crippen LogP contribution < -0.4 is 10.5 Å². The lowest BCUT2D eigenvalue weighted by Gasteiger charge is -2.19. The number of carbonyl (C=O) groups excluding carboxylic acids is 1. The Labute approximate surface area is 173 Å². The fourth-order valence-corrected chi connectivity index (χ4v) is 4.07. The summed E-state index contributed by atoms with van der Waals surface area (Å²) in [7, 11) is 1.59. The zero-order chi connectivity index (χ0) is 20.7. The van der Waals surface area contributed by atoms with Gasteiger partial charge in [-0.1, -0.05) is 30.3 Å². The lowest BCUT2D eigenvalue weighted by atomic mass is 10.0. The highest BCUT2D eigenvalue weighted by Gasteiger charge is 2.21. The third-order valence-corrected chi connectivity index (χ3v) is 5.64. The van der Waals surface area contributed by atoms with Crippen LogP contribution in [-0.2, 0) is 24.1 Å². The maximum absolute atomic E-state index is 13.0. The number of anilines is 1. The molecule has 8 heteroatoms. The Balaban J connectivity index is 1.42. The predicted molar refractivity (Wildman–Crippen MR) is 113 cm³/mol. The van der Waals surface area contributed by atoms with E-state index in [1.807, 2.05) is 23.1 Å². The number of fused-ring (bicyclic) bond motifs is 4. The first kappa shape index (κ1) is 18.4. The molecule has 8 nitrogen and oxygen atoms in total. The van der Waals surface area contributed by atoms with Crippen LogP contribution in [-0.4, -0.2) is 50.6 Å². The fourth-order valence-electron chi connectivity index (χ4n) is 4.07. The van der Waals surface area contributed by atoms with Crippen molar-refractivity contribution in [3.05, 3.63) is 59.4 Å². The van der Waals surface area contributed by atoms with E-state index in [2.05, 4.69) is 39.3 Å². The molecule has 1 aliphatic heterocycles. The summed E-state index contributed by atoms with van der Waals surface area (Å²) in [5, 5.41) is 5.22. The monoisotopic (exact) mass is 402 g/mol. The molecule has 0 unspecified atom stereocenters. The van der Waals surface area contributed by atoms with E-state index in [-0.39, 0.29) is 18.3 Å². The van der Waals surface area contributed by atoms with Crippen LogP contribution in [0.5, 0.6) is 5.75 Å². The normalized spacial score (nSPS) is 14.0. The van der Waals surface area contributed by atoms with Crippen LogP contribution in [0, 0.1) is 0 Å². The number of nitrogens with two attached hydrogens (primary N) is 1. The molecule has 1 amide bonds. The second-order valence-corrected chi connectivity index (χ2v) is 7.42. The number of hydrogen-bond acceptors (Lipinski definition) is 6. The Morgan fingerprint density at radius 1 is 1.07 bits per heavy atom. The third-order valence-electron chi connectivity index (χ3n) is 5.64. The van der Waals surface area contributed by atoms with Gasteiger partial charge in [-0.25, -0.2) is 9.97 Å². The first-order valence-electron chi connectivity index (χ1n) is 9.96. The van der Waals surface area contributed by atoms with Gasteiger partial charge in [-0.05, 0) is 36.1 Å². The summed E-state index contributed by atoms with van der Waals surface area (Å²) < 4.78 is 6.87. The molecule has 0 spiro atoms. The molecule has 0 saturated heterocycles. The van der Waals surface area contributed by atoms with Crippen molar-refractivity contribution < 1.29 is 9.53 Å². The molecule has 0 radical (unpaired) electrons. The van der Waals surface area contributed by atoms with Gasteiger partial charge in [0.1, 0.15) is 11.3 Å². The van der Waals surface area contributed by atoms with Gasteiger partial charge >= 0.3 is 0 Å². The average Bonchev–Trinajstić information content (AvgIpc) is 3.06. The second kappa shape index (κ2) is 7.29. The highest BCUT2D eigenvalue weighted by atomic mass is 16.5. The van der Waals surface area contributed by atoms with Gasteiger partial charge in [0.15, 0.2) is 11.5 Å². The number of nitrogen functional groups attached to an aromatic ring is 1. The van der Waals surface area contributed by atoms with E-state index >= 15 is 0 Å². The number of amides is 1. The van der Waals surface area contributed by atoms with Crippen molar-refractivity contribution in [2.45, 2.75) is 19.3 Å². The summed E-state index contributed by atoms with van der Waals surface area (Å²) in [4.78, 5) is 23.9. The van der Waals surface area contributed by atoms with Crippen molar-refractivity contribution in [2.75, 3.05) is 25.9 Å². The van der Waals surface area contributed by atoms with Crippen LogP contribution in [0.1, 0.15) is 17.0 Å². The van der Waals surface area contributed by atoms with Crippen molar-refractivity contribution in [1.29, 1.82) is 0 Å². The topological polar surface area (TPSA) is 98.6 Å². The molecule has 1 aliphatic rings. The standard InChI is InChI=1S/C22H22N6O2/c1-30-17-8-4-7-16-20(17)25-22(23)28-21(16)24-18(26-28)13-19(29)27-11-9-14-5-2-3-6-15(14)10-12-27/h2-8H,9-13H2,1H3,(H2,23,25). The van der Waals surface area contributed by atoms with Crippen molar-refractivity contribution in [1.82, 2.24) is 24.5 Å². The van der Waals surface area contributed by atoms with E-state index in [0.29, 0.717) is 35.8 Å². The van der Waals surface area contributed by atoms with Crippen molar-refractivity contribution in [3.63, 3.8) is 0 Å². The van der Waals surface area contributed by atoms with E-state index in [1.165, 1.54) is 15.6 Å². The Kier molecular flexibility index (Phi) is 4.46. The molecule has 152 valence electrons. The van der Waals surface area contributed by atoms with E-state index in [9.17, 15) is 4.79 Å². The Hall–Kier alpha value is -3.68. The molecule has 4 aromatic rings. The first-order valence-corrected chi connectivity index (χ1v) is 9.96. The summed E-state index contributed by atoms with van der Waals surface area (Å²) in [6, 6.07) is 14.0. The van der Waals surface area contributed by atoms with Crippen LogP contribution >= 0.6 is 0 Å². The van der Waals surface area contributed by atoms with Gasteiger partial charge < -0.3 is 15.4 Å². The van der Waals surface area contributed by atoms with Crippen LogP contribution in [0.3, 0.4) is 0 Å². The maximum Gasteiger partial charge on any atom is 0.230 e. The number of para-hydroxylation sites is 1. The van der Waals surface area contributed by atoms with Gasteiger partial charge in [-0.15, -0.1) is 5.10 Å². The molecule has 0 bridgehead atoms. The highest BCUT2D eigenvalue weighted by Crippen LogP contribution is 2.27. The van der Waals surface area contributed by atoms with E-state index < -0.39 is 0 Å². The molecule has 5 rings (SSSR count). The van der Waals surface area contributed by atoms with Gasteiger partial charge in [-0.3, -0.25) is 4.79 Å². The minimum absolute atomic E-state index is 0.0205. The molecule has 0 saturated carbocycles. The lowest BCUT2D eigenvalue weighted by Crippen LogP contribution is -2.34. The van der Waals surface area contributed by atoms with Crippen molar-refractivity contribution in [2.24, 2.45) is 0 Å². The number of benzene rings is 2. The molecule has 2 aromatic carbocycles. The molecule has 2 aromatic heterocycles. The van der Waals surface area contributed by atoms with Gasteiger partial charge in [0.25, 0.3) is 0 Å². The summed E-state index contributed by atoms with van der Waals surface area (Å²) in [6.07, 6.45) is 1.85. The van der Waals surface area contributed by atoms with Crippen LogP contribution in [0.4, 0.5) is 5.95 Å². The molecular weight excluding hydrogens is 380 g/mol. The minimum Gasteiger partial charge on any atom is -0.494 e. The number of nitrogens with zero attached hydrogens (tertiary/aromatic N) is 5. The van der Waals surface area contributed by atoms with Crippen molar-refractivity contribution in [3.8, 4) is 5.75 Å². The third kappa shape index (κ3) is 3.10. The van der Waals surface area contributed by atoms with Crippen molar-refractivity contribution >= 4 is 28.4 Å². The number of rotatable bonds is 3. The van der Waals surface area contributed by atoms with Gasteiger partial charge in [0, 0.05) is 18.5 Å². The SMILES string of the molecule is COc1cccc2c1nc(N)n1nc(CC(=O)N3CCc4ccccc4CC3)nc21.